The van der Waals surface area contributed by atoms with Crippen LogP contribution >= 0.6 is 11.8 Å². The van der Waals surface area contributed by atoms with Crippen LogP contribution < -0.4 is 5.32 Å². The molecule has 3 aromatic rings. The van der Waals surface area contributed by atoms with Crippen LogP contribution in [-0.4, -0.2) is 52.3 Å². The van der Waals surface area contributed by atoms with Crippen molar-refractivity contribution in [2.24, 2.45) is 0 Å². The van der Waals surface area contributed by atoms with E-state index in [9.17, 15) is 19.5 Å². The maximum absolute atomic E-state index is 13.1. The summed E-state index contributed by atoms with van der Waals surface area (Å²) in [6.45, 7) is 1.91. The van der Waals surface area contributed by atoms with Gasteiger partial charge in [0.05, 0.1) is 5.88 Å². The zero-order valence-electron chi connectivity index (χ0n) is 19.1. The van der Waals surface area contributed by atoms with Crippen LogP contribution in [0, 0.1) is 6.92 Å². The Morgan fingerprint density at radius 3 is 2.31 bits per heavy atom. The number of hydrogen-bond donors (Lipinski definition) is 2. The predicted octanol–water partition coefficient (Wildman–Crippen LogP) is 4.96. The summed E-state index contributed by atoms with van der Waals surface area (Å²) in [5.74, 6) is -0.760. The van der Waals surface area contributed by atoms with E-state index >= 15 is 0 Å². The number of aliphatic carboxylic acids is 1. The molecular formula is C27H24N2O5S. The second kappa shape index (κ2) is 9.46. The van der Waals surface area contributed by atoms with Crippen molar-refractivity contribution < 1.29 is 24.2 Å². The van der Waals surface area contributed by atoms with Crippen LogP contribution in [0.25, 0.3) is 11.1 Å². The summed E-state index contributed by atoms with van der Waals surface area (Å²) < 4.78 is 5.62. The molecule has 3 aromatic carbocycles. The number of hydrogen-bond acceptors (Lipinski definition) is 5. The number of ether oxygens (including phenoxy) is 1. The Balaban J connectivity index is 1.29. The summed E-state index contributed by atoms with van der Waals surface area (Å²) in [5, 5.41) is 12.2. The topological polar surface area (TPSA) is 95.9 Å². The van der Waals surface area contributed by atoms with Crippen LogP contribution in [0.4, 0.5) is 10.5 Å². The molecule has 1 aliphatic heterocycles. The van der Waals surface area contributed by atoms with Crippen LogP contribution in [0.15, 0.2) is 66.7 Å². The van der Waals surface area contributed by atoms with Gasteiger partial charge in [-0.25, -0.2) is 9.59 Å². The molecule has 1 atom stereocenters. The van der Waals surface area contributed by atoms with Gasteiger partial charge < -0.3 is 14.7 Å². The standard InChI is InChI=1S/C27H24N2O5S/c1-16-17(25(30)29-15-35-14-24(29)26(31)32)11-6-12-23(16)28-27(33)34-13-22-20-9-4-2-7-18(20)19-8-3-5-10-21(19)22/h2-12,22,24H,13-15H2,1H3,(H,28,33)(H,31,32). The number of rotatable bonds is 5. The third kappa shape index (κ3) is 4.25. The molecule has 0 radical (unpaired) electrons. The van der Waals surface area contributed by atoms with Crippen LogP contribution in [0.2, 0.25) is 0 Å². The van der Waals surface area contributed by atoms with E-state index in [2.05, 4.69) is 29.6 Å². The van der Waals surface area contributed by atoms with E-state index in [0.29, 0.717) is 28.4 Å². The zero-order valence-corrected chi connectivity index (χ0v) is 19.9. The van der Waals surface area contributed by atoms with E-state index in [1.54, 1.807) is 25.1 Å². The summed E-state index contributed by atoms with van der Waals surface area (Å²) in [5.41, 5.74) is 5.93. The highest BCUT2D eigenvalue weighted by Gasteiger charge is 2.36. The molecule has 2 N–H and O–H groups in total. The van der Waals surface area contributed by atoms with E-state index in [-0.39, 0.29) is 18.4 Å². The summed E-state index contributed by atoms with van der Waals surface area (Å²) in [4.78, 5) is 38.6. The lowest BCUT2D eigenvalue weighted by Gasteiger charge is -2.22. The van der Waals surface area contributed by atoms with Crippen molar-refractivity contribution in [3.8, 4) is 11.1 Å². The summed E-state index contributed by atoms with van der Waals surface area (Å²) in [6.07, 6.45) is -0.611. The normalized spacial score (nSPS) is 16.5. The van der Waals surface area contributed by atoms with Gasteiger partial charge in [0.15, 0.2) is 0 Å². The number of nitrogens with zero attached hydrogens (tertiary/aromatic N) is 1. The van der Waals surface area contributed by atoms with Crippen molar-refractivity contribution in [2.75, 3.05) is 23.6 Å². The minimum absolute atomic E-state index is 0.0530. The van der Waals surface area contributed by atoms with E-state index in [1.807, 2.05) is 24.3 Å². The van der Waals surface area contributed by atoms with Crippen LogP contribution in [-0.2, 0) is 9.53 Å². The Morgan fingerprint density at radius 1 is 1.00 bits per heavy atom. The molecule has 2 amide bonds. The second-order valence-electron chi connectivity index (χ2n) is 8.56. The molecule has 1 saturated heterocycles. The molecule has 5 rings (SSSR count). The molecule has 8 heteroatoms. The zero-order chi connectivity index (χ0) is 24.5. The van der Waals surface area contributed by atoms with Gasteiger partial charge in [-0.3, -0.25) is 10.1 Å². The molecule has 178 valence electrons. The number of fused-ring (bicyclic) bond motifs is 3. The largest absolute Gasteiger partial charge is 0.480 e. The quantitative estimate of drug-likeness (QED) is 0.527. The van der Waals surface area contributed by atoms with Gasteiger partial charge in [0, 0.05) is 22.9 Å². The number of carboxylic acid groups (broad SMARTS) is 1. The van der Waals surface area contributed by atoms with Gasteiger partial charge in [-0.1, -0.05) is 54.6 Å². The highest BCUT2D eigenvalue weighted by atomic mass is 32.2. The Kier molecular flexibility index (Phi) is 6.21. The first kappa shape index (κ1) is 23.0. The summed E-state index contributed by atoms with van der Waals surface area (Å²) >= 11 is 1.41. The molecule has 35 heavy (non-hydrogen) atoms. The van der Waals surface area contributed by atoms with Crippen LogP contribution in [0.1, 0.15) is 33.0 Å². The lowest BCUT2D eigenvalue weighted by molar-refractivity contribution is -0.140. The van der Waals surface area contributed by atoms with Crippen molar-refractivity contribution in [1.82, 2.24) is 4.90 Å². The third-order valence-electron chi connectivity index (χ3n) is 6.57. The first-order valence-corrected chi connectivity index (χ1v) is 12.4. The van der Waals surface area contributed by atoms with Gasteiger partial charge in [-0.05, 0) is 46.9 Å². The van der Waals surface area contributed by atoms with Gasteiger partial charge in [-0.2, -0.15) is 0 Å². The molecule has 1 heterocycles. The monoisotopic (exact) mass is 488 g/mol. The van der Waals surface area contributed by atoms with Crippen molar-refractivity contribution in [3.05, 3.63) is 89.0 Å². The molecule has 0 saturated carbocycles. The Labute approximate surface area is 207 Å². The molecule has 0 spiro atoms. The molecule has 1 unspecified atom stereocenters. The maximum atomic E-state index is 13.1. The number of amides is 2. The van der Waals surface area contributed by atoms with Gasteiger partial charge >= 0.3 is 12.1 Å². The first-order valence-electron chi connectivity index (χ1n) is 11.3. The fourth-order valence-corrected chi connectivity index (χ4v) is 5.89. The van der Waals surface area contributed by atoms with Crippen molar-refractivity contribution in [2.45, 2.75) is 18.9 Å². The molecule has 1 aliphatic carbocycles. The molecule has 2 aliphatic rings. The molecule has 0 aromatic heterocycles. The SMILES string of the molecule is Cc1c(NC(=O)OCC2c3ccccc3-c3ccccc32)cccc1C(=O)N1CSCC1C(=O)O. The number of thioether (sulfide) groups is 1. The lowest BCUT2D eigenvalue weighted by Crippen LogP contribution is -2.42. The number of carbonyl (C=O) groups is 3. The maximum Gasteiger partial charge on any atom is 0.411 e. The number of carboxylic acids is 1. The van der Waals surface area contributed by atoms with Crippen LogP contribution in [0.3, 0.4) is 0 Å². The Bertz CT molecular complexity index is 1280. The van der Waals surface area contributed by atoms with E-state index in [4.69, 9.17) is 4.74 Å². The molecular weight excluding hydrogens is 464 g/mol. The molecule has 7 nitrogen and oxygen atoms in total. The molecule has 0 bridgehead atoms. The van der Waals surface area contributed by atoms with Crippen molar-refractivity contribution in [3.63, 3.8) is 0 Å². The van der Waals surface area contributed by atoms with Crippen LogP contribution in [0.5, 0.6) is 0 Å². The van der Waals surface area contributed by atoms with Gasteiger partial charge in [0.1, 0.15) is 12.6 Å². The fourth-order valence-electron chi connectivity index (χ4n) is 4.75. The van der Waals surface area contributed by atoms with Crippen molar-refractivity contribution in [1.29, 1.82) is 0 Å². The minimum atomic E-state index is -1.02. The smallest absolute Gasteiger partial charge is 0.411 e. The summed E-state index contributed by atoms with van der Waals surface area (Å²) in [7, 11) is 0. The number of nitrogens with one attached hydrogen (secondary N) is 1. The average molecular weight is 489 g/mol. The van der Waals surface area contributed by atoms with E-state index in [0.717, 1.165) is 22.3 Å². The number of anilines is 1. The third-order valence-corrected chi connectivity index (χ3v) is 7.59. The van der Waals surface area contributed by atoms with Gasteiger partial charge in [0.2, 0.25) is 0 Å². The highest BCUT2D eigenvalue weighted by molar-refractivity contribution is 7.99. The highest BCUT2D eigenvalue weighted by Crippen LogP contribution is 2.44. The van der Waals surface area contributed by atoms with Gasteiger partial charge in [-0.15, -0.1) is 11.8 Å². The van der Waals surface area contributed by atoms with Gasteiger partial charge in [0.25, 0.3) is 5.91 Å². The average Bonchev–Trinajstić information content (AvgIpc) is 3.47. The number of benzene rings is 3. The predicted molar refractivity (Wildman–Crippen MR) is 135 cm³/mol. The second-order valence-corrected chi connectivity index (χ2v) is 9.56. The first-order chi connectivity index (χ1) is 17.0. The summed E-state index contributed by atoms with van der Waals surface area (Å²) in [6, 6.07) is 20.4. The number of carbonyl (C=O) groups excluding carboxylic acids is 2. The van der Waals surface area contributed by atoms with E-state index < -0.39 is 18.1 Å². The Morgan fingerprint density at radius 2 is 1.66 bits per heavy atom. The Hall–Kier alpha value is -3.78. The van der Waals surface area contributed by atoms with E-state index in [1.165, 1.54) is 16.7 Å². The lowest BCUT2D eigenvalue weighted by atomic mass is 9.98. The molecule has 1 fully saturated rings. The minimum Gasteiger partial charge on any atom is -0.480 e. The fraction of sp³-hybridized carbons (Fsp3) is 0.222. The van der Waals surface area contributed by atoms with Crippen molar-refractivity contribution >= 4 is 35.4 Å².